The summed E-state index contributed by atoms with van der Waals surface area (Å²) in [5, 5.41) is 18.8. The monoisotopic (exact) mass is 184 g/mol. The molecule has 0 aromatic rings. The average molecular weight is 184 g/mol. The summed E-state index contributed by atoms with van der Waals surface area (Å²) in [6.45, 7) is 1.51. The van der Waals surface area contributed by atoms with Gasteiger partial charge < -0.3 is 14.9 Å². The summed E-state index contributed by atoms with van der Waals surface area (Å²) in [7, 11) is 1.25. The van der Waals surface area contributed by atoms with E-state index in [1.54, 1.807) is 0 Å². The largest absolute Gasteiger partial charge is 0.512 e. The Hall–Kier alpha value is -1.29. The third-order valence-corrected chi connectivity index (χ3v) is 1.75. The predicted molar refractivity (Wildman–Crippen MR) is 46.1 cm³/mol. The molecule has 0 heterocycles. The molecule has 0 radical (unpaired) electrons. The molecular weight excluding hydrogens is 172 g/mol. The fraction of sp³-hybridized carbons (Fsp3) is 0.444. The first-order valence-corrected chi connectivity index (χ1v) is 3.88. The molecule has 4 nitrogen and oxygen atoms in total. The van der Waals surface area contributed by atoms with Crippen molar-refractivity contribution in [1.29, 1.82) is 0 Å². The maximum atomic E-state index is 11.0. The molecule has 0 saturated carbocycles. The van der Waals surface area contributed by atoms with Crippen LogP contribution in [-0.4, -0.2) is 28.9 Å². The van der Waals surface area contributed by atoms with Gasteiger partial charge in [-0.2, -0.15) is 0 Å². The number of esters is 1. The topological polar surface area (TPSA) is 66.8 Å². The fourth-order valence-electron chi connectivity index (χ4n) is 1.26. The zero-order valence-corrected chi connectivity index (χ0v) is 7.57. The summed E-state index contributed by atoms with van der Waals surface area (Å²) in [5.41, 5.74) is -1.00. The molecule has 0 fully saturated rings. The van der Waals surface area contributed by atoms with Crippen molar-refractivity contribution in [3.8, 4) is 0 Å². The number of aliphatic hydroxyl groups excluding tert-OH is 1. The Morgan fingerprint density at radius 2 is 2.31 bits per heavy atom. The van der Waals surface area contributed by atoms with E-state index in [-0.39, 0.29) is 17.8 Å². The van der Waals surface area contributed by atoms with Gasteiger partial charge in [-0.05, 0) is 19.1 Å². The maximum Gasteiger partial charge on any atom is 0.337 e. The van der Waals surface area contributed by atoms with Gasteiger partial charge in [-0.25, -0.2) is 4.79 Å². The second kappa shape index (κ2) is 3.22. The van der Waals surface area contributed by atoms with Crippen molar-refractivity contribution in [1.82, 2.24) is 0 Å². The smallest absolute Gasteiger partial charge is 0.337 e. The van der Waals surface area contributed by atoms with Gasteiger partial charge in [0.2, 0.25) is 0 Å². The lowest BCUT2D eigenvalue weighted by atomic mass is 9.92. The van der Waals surface area contributed by atoms with Crippen molar-refractivity contribution in [2.75, 3.05) is 7.11 Å². The predicted octanol–water partition coefficient (Wildman–Crippen LogP) is 0.682. The van der Waals surface area contributed by atoms with Crippen LogP contribution in [0.25, 0.3) is 0 Å². The van der Waals surface area contributed by atoms with Gasteiger partial charge in [0.15, 0.2) is 0 Å². The number of methoxy groups -OCH3 is 1. The van der Waals surface area contributed by atoms with Crippen LogP contribution in [0.1, 0.15) is 13.3 Å². The first kappa shape index (κ1) is 9.80. The molecule has 0 saturated heterocycles. The zero-order chi connectivity index (χ0) is 10.1. The lowest BCUT2D eigenvalue weighted by Gasteiger charge is -2.23. The van der Waals surface area contributed by atoms with Crippen molar-refractivity contribution in [3.63, 3.8) is 0 Å². The SMILES string of the molecule is COC(=O)C1=CC(C)(O)CC(O)=C1. The number of hydrogen-bond donors (Lipinski definition) is 2. The maximum absolute atomic E-state index is 11.0. The summed E-state index contributed by atoms with van der Waals surface area (Å²) in [5.74, 6) is -0.584. The van der Waals surface area contributed by atoms with Gasteiger partial charge in [-0.15, -0.1) is 0 Å². The van der Waals surface area contributed by atoms with Gasteiger partial charge in [0, 0.05) is 6.42 Å². The number of hydrogen-bond acceptors (Lipinski definition) is 4. The van der Waals surface area contributed by atoms with Crippen LogP contribution in [-0.2, 0) is 9.53 Å². The Labute approximate surface area is 76.1 Å². The van der Waals surface area contributed by atoms with Crippen LogP contribution in [0.4, 0.5) is 0 Å². The Balaban J connectivity index is 2.96. The summed E-state index contributed by atoms with van der Waals surface area (Å²) in [4.78, 5) is 11.0. The number of ether oxygens (including phenoxy) is 1. The molecule has 0 amide bonds. The van der Waals surface area contributed by atoms with Gasteiger partial charge >= 0.3 is 5.97 Å². The summed E-state index contributed by atoms with van der Waals surface area (Å²) in [6.07, 6.45) is 2.79. The zero-order valence-electron chi connectivity index (χ0n) is 7.57. The molecule has 0 aromatic carbocycles. The van der Waals surface area contributed by atoms with Crippen LogP contribution in [0.15, 0.2) is 23.5 Å². The molecule has 1 rings (SSSR count). The van der Waals surface area contributed by atoms with Crippen LogP contribution in [0.5, 0.6) is 0 Å². The third kappa shape index (κ3) is 2.32. The van der Waals surface area contributed by atoms with E-state index in [0.29, 0.717) is 0 Å². The highest BCUT2D eigenvalue weighted by atomic mass is 16.5. The van der Waals surface area contributed by atoms with E-state index in [1.807, 2.05) is 0 Å². The van der Waals surface area contributed by atoms with Gasteiger partial charge in [0.1, 0.15) is 0 Å². The molecule has 1 unspecified atom stereocenters. The minimum Gasteiger partial charge on any atom is -0.512 e. The van der Waals surface area contributed by atoms with Crippen LogP contribution in [0, 0.1) is 0 Å². The lowest BCUT2D eigenvalue weighted by molar-refractivity contribution is -0.135. The van der Waals surface area contributed by atoms with Crippen molar-refractivity contribution in [2.24, 2.45) is 0 Å². The lowest BCUT2D eigenvalue weighted by Crippen LogP contribution is -2.26. The highest BCUT2D eigenvalue weighted by Crippen LogP contribution is 2.24. The first-order chi connectivity index (χ1) is 5.94. The van der Waals surface area contributed by atoms with Gasteiger partial charge in [0.25, 0.3) is 0 Å². The quantitative estimate of drug-likeness (QED) is 0.588. The van der Waals surface area contributed by atoms with Gasteiger partial charge in [-0.1, -0.05) is 0 Å². The molecule has 1 atom stereocenters. The molecule has 0 aromatic heterocycles. The average Bonchev–Trinajstić information content (AvgIpc) is 1.99. The van der Waals surface area contributed by atoms with Gasteiger partial charge in [-0.3, -0.25) is 0 Å². The molecule has 1 aliphatic rings. The van der Waals surface area contributed by atoms with Crippen molar-refractivity contribution < 1.29 is 19.7 Å². The molecule has 13 heavy (non-hydrogen) atoms. The Morgan fingerprint density at radius 3 is 2.77 bits per heavy atom. The first-order valence-electron chi connectivity index (χ1n) is 3.88. The molecule has 4 heteroatoms. The van der Waals surface area contributed by atoms with E-state index in [1.165, 1.54) is 26.2 Å². The number of carbonyl (C=O) groups is 1. The molecule has 72 valence electrons. The van der Waals surface area contributed by atoms with E-state index in [9.17, 15) is 15.0 Å². The van der Waals surface area contributed by atoms with Crippen LogP contribution in [0.3, 0.4) is 0 Å². The van der Waals surface area contributed by atoms with Crippen molar-refractivity contribution in [2.45, 2.75) is 18.9 Å². The van der Waals surface area contributed by atoms with E-state index in [4.69, 9.17) is 0 Å². The summed E-state index contributed by atoms with van der Waals surface area (Å²) in [6, 6.07) is 0. The number of aliphatic hydroxyl groups is 2. The van der Waals surface area contributed by atoms with Crippen molar-refractivity contribution >= 4 is 5.97 Å². The number of rotatable bonds is 1. The molecule has 0 spiro atoms. The Bertz CT molecular complexity index is 286. The minimum atomic E-state index is -1.18. The highest BCUT2D eigenvalue weighted by molar-refractivity contribution is 5.92. The van der Waals surface area contributed by atoms with Crippen LogP contribution >= 0.6 is 0 Å². The summed E-state index contributed by atoms with van der Waals surface area (Å²) < 4.78 is 4.46. The highest BCUT2D eigenvalue weighted by Gasteiger charge is 2.26. The van der Waals surface area contributed by atoms with Crippen LogP contribution < -0.4 is 0 Å². The van der Waals surface area contributed by atoms with Crippen molar-refractivity contribution in [3.05, 3.63) is 23.5 Å². The summed E-state index contributed by atoms with van der Waals surface area (Å²) >= 11 is 0. The molecule has 1 aliphatic carbocycles. The van der Waals surface area contributed by atoms with E-state index in [0.717, 1.165) is 0 Å². The standard InChI is InChI=1S/C9H12O4/c1-9(12)4-6(8(11)13-2)3-7(10)5-9/h3-4,10,12H,5H2,1-2H3. The Morgan fingerprint density at radius 1 is 1.69 bits per heavy atom. The number of carbonyl (C=O) groups excluding carboxylic acids is 1. The van der Waals surface area contributed by atoms with Crippen LogP contribution in [0.2, 0.25) is 0 Å². The second-order valence-corrected chi connectivity index (χ2v) is 3.26. The second-order valence-electron chi connectivity index (χ2n) is 3.26. The molecule has 0 bridgehead atoms. The van der Waals surface area contributed by atoms with E-state index < -0.39 is 11.6 Å². The molecular formula is C9H12O4. The normalized spacial score (nSPS) is 27.6. The van der Waals surface area contributed by atoms with Gasteiger partial charge in [0.05, 0.1) is 24.0 Å². The molecule has 2 N–H and O–H groups in total. The van der Waals surface area contributed by atoms with E-state index >= 15 is 0 Å². The minimum absolute atomic E-state index is 0.0205. The third-order valence-electron chi connectivity index (χ3n) is 1.75. The Kier molecular flexibility index (Phi) is 2.43. The van der Waals surface area contributed by atoms with E-state index in [2.05, 4.69) is 4.74 Å². The fourth-order valence-corrected chi connectivity index (χ4v) is 1.26. The molecule has 0 aliphatic heterocycles.